The normalized spacial score (nSPS) is 12.9. The van der Waals surface area contributed by atoms with Gasteiger partial charge in [0.2, 0.25) is 0 Å². The van der Waals surface area contributed by atoms with Crippen molar-refractivity contribution in [3.63, 3.8) is 0 Å². The summed E-state index contributed by atoms with van der Waals surface area (Å²) in [5, 5.41) is -0.384. The first-order valence-electron chi connectivity index (χ1n) is 6.33. The molecule has 0 amide bonds. The molecule has 6 heteroatoms. The molecule has 0 aliphatic rings. The minimum atomic E-state index is -3.62. The molecule has 0 aliphatic carbocycles. The van der Waals surface area contributed by atoms with E-state index in [9.17, 15) is 8.42 Å². The highest BCUT2D eigenvalue weighted by atomic mass is 35.5. The van der Waals surface area contributed by atoms with Crippen molar-refractivity contribution in [2.45, 2.75) is 10.1 Å². The first kappa shape index (κ1) is 15.8. The van der Waals surface area contributed by atoms with Gasteiger partial charge in [-0.05, 0) is 30.3 Å². The number of para-hydroxylation sites is 1. The summed E-state index contributed by atoms with van der Waals surface area (Å²) in [4.78, 5) is 0.188. The summed E-state index contributed by atoms with van der Waals surface area (Å²) >= 11 is 5.80. The number of halogens is 1. The minimum Gasteiger partial charge on any atom is -0.496 e. The highest BCUT2D eigenvalue weighted by Gasteiger charge is 2.30. The lowest BCUT2D eigenvalue weighted by atomic mass is 10.1. The van der Waals surface area contributed by atoms with Crippen LogP contribution in [-0.2, 0) is 9.84 Å². The van der Waals surface area contributed by atoms with Crippen LogP contribution in [0.15, 0.2) is 53.4 Å². The van der Waals surface area contributed by atoms with Gasteiger partial charge in [0.15, 0.2) is 9.84 Å². The van der Waals surface area contributed by atoms with Crippen LogP contribution in [0.3, 0.4) is 0 Å². The van der Waals surface area contributed by atoms with Crippen molar-refractivity contribution in [3.05, 3.63) is 59.1 Å². The summed E-state index contributed by atoms with van der Waals surface area (Å²) in [6.45, 7) is -0.0364. The molecule has 2 aromatic rings. The first-order chi connectivity index (χ1) is 10.0. The summed E-state index contributed by atoms with van der Waals surface area (Å²) in [6, 6.07) is 13.0. The number of hydrogen-bond acceptors (Lipinski definition) is 4. The molecule has 0 heterocycles. The predicted molar refractivity (Wildman–Crippen MR) is 83.4 cm³/mol. The molecule has 1 unspecified atom stereocenters. The Balaban J connectivity index is 2.52. The van der Waals surface area contributed by atoms with Crippen molar-refractivity contribution < 1.29 is 13.2 Å². The number of methoxy groups -OCH3 is 1. The van der Waals surface area contributed by atoms with Gasteiger partial charge in [-0.25, -0.2) is 8.42 Å². The van der Waals surface area contributed by atoms with Crippen LogP contribution >= 0.6 is 11.6 Å². The van der Waals surface area contributed by atoms with Gasteiger partial charge >= 0.3 is 0 Å². The van der Waals surface area contributed by atoms with Crippen molar-refractivity contribution in [3.8, 4) is 5.75 Å². The third-order valence-electron chi connectivity index (χ3n) is 3.22. The molecule has 2 N–H and O–H groups in total. The van der Waals surface area contributed by atoms with Gasteiger partial charge in [0.1, 0.15) is 11.0 Å². The van der Waals surface area contributed by atoms with E-state index in [1.807, 2.05) is 0 Å². The van der Waals surface area contributed by atoms with Crippen molar-refractivity contribution in [2.75, 3.05) is 13.7 Å². The zero-order valence-corrected chi connectivity index (χ0v) is 13.1. The standard InChI is InChI=1S/C15H16ClNO3S/c1-20-14-5-3-2-4-13(14)15(10-17)21(18,19)12-8-6-11(16)7-9-12/h2-9,15H,10,17H2,1H3. The quantitative estimate of drug-likeness (QED) is 0.917. The van der Waals surface area contributed by atoms with Crippen molar-refractivity contribution >= 4 is 21.4 Å². The molecule has 0 aliphatic heterocycles. The van der Waals surface area contributed by atoms with E-state index in [4.69, 9.17) is 22.1 Å². The fourth-order valence-electron chi connectivity index (χ4n) is 2.14. The molecule has 0 spiro atoms. The van der Waals surface area contributed by atoms with Gasteiger partial charge in [-0.15, -0.1) is 0 Å². The van der Waals surface area contributed by atoms with Gasteiger partial charge in [-0.3, -0.25) is 0 Å². The van der Waals surface area contributed by atoms with E-state index < -0.39 is 15.1 Å². The SMILES string of the molecule is COc1ccccc1C(CN)S(=O)(=O)c1ccc(Cl)cc1. The van der Waals surface area contributed by atoms with E-state index in [2.05, 4.69) is 0 Å². The third-order valence-corrected chi connectivity index (χ3v) is 5.59. The Labute approximate surface area is 129 Å². The number of rotatable bonds is 5. The minimum absolute atomic E-state index is 0.0364. The Morgan fingerprint density at radius 2 is 1.76 bits per heavy atom. The molecule has 112 valence electrons. The van der Waals surface area contributed by atoms with E-state index in [0.29, 0.717) is 16.3 Å². The lowest BCUT2D eigenvalue weighted by molar-refractivity contribution is 0.408. The molecular formula is C15H16ClNO3S. The van der Waals surface area contributed by atoms with Gasteiger partial charge in [0.25, 0.3) is 0 Å². The lowest BCUT2D eigenvalue weighted by Crippen LogP contribution is -2.22. The predicted octanol–water partition coefficient (Wildman–Crippen LogP) is 2.82. The number of ether oxygens (including phenoxy) is 1. The summed E-state index contributed by atoms with van der Waals surface area (Å²) < 4.78 is 30.8. The van der Waals surface area contributed by atoms with E-state index in [1.54, 1.807) is 36.4 Å². The van der Waals surface area contributed by atoms with Gasteiger partial charge in [-0.1, -0.05) is 29.8 Å². The molecule has 21 heavy (non-hydrogen) atoms. The molecular weight excluding hydrogens is 310 g/mol. The first-order valence-corrected chi connectivity index (χ1v) is 8.25. The lowest BCUT2D eigenvalue weighted by Gasteiger charge is -2.19. The van der Waals surface area contributed by atoms with Crippen LogP contribution in [0.5, 0.6) is 5.75 Å². The number of benzene rings is 2. The van der Waals surface area contributed by atoms with Crippen molar-refractivity contribution in [1.29, 1.82) is 0 Å². The molecule has 0 bridgehead atoms. The molecule has 0 radical (unpaired) electrons. The van der Waals surface area contributed by atoms with E-state index in [1.165, 1.54) is 19.2 Å². The van der Waals surface area contributed by atoms with Crippen LogP contribution in [0.25, 0.3) is 0 Å². The van der Waals surface area contributed by atoms with E-state index >= 15 is 0 Å². The van der Waals surface area contributed by atoms with Gasteiger partial charge in [0.05, 0.1) is 12.0 Å². The zero-order chi connectivity index (χ0) is 15.5. The maximum atomic E-state index is 12.8. The Hall–Kier alpha value is -1.56. The molecule has 0 saturated carbocycles. The molecule has 2 aromatic carbocycles. The molecule has 4 nitrogen and oxygen atoms in total. The highest BCUT2D eigenvalue weighted by molar-refractivity contribution is 7.91. The second-order valence-corrected chi connectivity index (χ2v) is 7.03. The fraction of sp³-hybridized carbons (Fsp3) is 0.200. The van der Waals surface area contributed by atoms with Crippen LogP contribution in [0.2, 0.25) is 5.02 Å². The smallest absolute Gasteiger partial charge is 0.186 e. The van der Waals surface area contributed by atoms with E-state index in [-0.39, 0.29) is 11.4 Å². The number of sulfone groups is 1. The maximum Gasteiger partial charge on any atom is 0.186 e. The summed E-state index contributed by atoms with van der Waals surface area (Å²) in [6.07, 6.45) is 0. The summed E-state index contributed by atoms with van der Waals surface area (Å²) in [5.41, 5.74) is 6.27. The van der Waals surface area contributed by atoms with Crippen molar-refractivity contribution in [1.82, 2.24) is 0 Å². The van der Waals surface area contributed by atoms with Crippen LogP contribution in [0.4, 0.5) is 0 Å². The summed E-state index contributed by atoms with van der Waals surface area (Å²) in [7, 11) is -2.12. The number of nitrogens with two attached hydrogens (primary N) is 1. The highest BCUT2D eigenvalue weighted by Crippen LogP contribution is 2.34. The Morgan fingerprint density at radius 3 is 2.33 bits per heavy atom. The molecule has 0 aromatic heterocycles. The Bertz CT molecular complexity index is 714. The van der Waals surface area contributed by atoms with Gasteiger partial charge < -0.3 is 10.5 Å². The molecule has 1 atom stereocenters. The fourth-order valence-corrected chi connectivity index (χ4v) is 3.89. The Kier molecular flexibility index (Phi) is 4.88. The zero-order valence-electron chi connectivity index (χ0n) is 11.5. The van der Waals surface area contributed by atoms with Crippen LogP contribution in [-0.4, -0.2) is 22.1 Å². The number of hydrogen-bond donors (Lipinski definition) is 1. The maximum absolute atomic E-state index is 12.8. The van der Waals surface area contributed by atoms with E-state index in [0.717, 1.165) is 0 Å². The van der Waals surface area contributed by atoms with Crippen LogP contribution < -0.4 is 10.5 Å². The largest absolute Gasteiger partial charge is 0.496 e. The average Bonchev–Trinajstić information content (AvgIpc) is 2.48. The van der Waals surface area contributed by atoms with Gasteiger partial charge in [0, 0.05) is 17.1 Å². The Morgan fingerprint density at radius 1 is 1.14 bits per heavy atom. The van der Waals surface area contributed by atoms with Crippen molar-refractivity contribution in [2.24, 2.45) is 5.73 Å². The molecule has 0 saturated heterocycles. The molecule has 0 fully saturated rings. The second kappa shape index (κ2) is 6.47. The third kappa shape index (κ3) is 3.20. The summed E-state index contributed by atoms with van der Waals surface area (Å²) in [5.74, 6) is 0.505. The van der Waals surface area contributed by atoms with Crippen LogP contribution in [0.1, 0.15) is 10.8 Å². The topological polar surface area (TPSA) is 69.4 Å². The van der Waals surface area contributed by atoms with Gasteiger partial charge in [-0.2, -0.15) is 0 Å². The molecule has 2 rings (SSSR count). The average molecular weight is 326 g/mol. The second-order valence-electron chi connectivity index (χ2n) is 4.47. The monoisotopic (exact) mass is 325 g/mol. The van der Waals surface area contributed by atoms with Crippen LogP contribution in [0, 0.1) is 0 Å².